The van der Waals surface area contributed by atoms with Crippen LogP contribution in [0.1, 0.15) is 23.4 Å². The molecule has 1 amide bonds. The standard InChI is InChI=1S/C23H18ClNO5S/c1-2-30-15-8-5-13(6-9-15)21(27)19-20(18-4-3-11-31-18)25(23(29)22(19)28)16-12-14(24)7-10-17(16)26/h3-12,20,26-27H,2H2,1H3/b21-19-. The molecule has 0 radical (unpaired) electrons. The molecule has 4 rings (SSSR count). The minimum atomic E-state index is -0.907. The van der Waals surface area contributed by atoms with E-state index in [4.69, 9.17) is 16.3 Å². The summed E-state index contributed by atoms with van der Waals surface area (Å²) < 4.78 is 5.42. The summed E-state index contributed by atoms with van der Waals surface area (Å²) in [6.07, 6.45) is 0. The van der Waals surface area contributed by atoms with Crippen molar-refractivity contribution < 1.29 is 24.5 Å². The lowest BCUT2D eigenvalue weighted by atomic mass is 9.99. The predicted molar refractivity (Wildman–Crippen MR) is 120 cm³/mol. The third-order valence-electron chi connectivity index (χ3n) is 4.89. The highest BCUT2D eigenvalue weighted by Gasteiger charge is 2.48. The van der Waals surface area contributed by atoms with E-state index < -0.39 is 17.7 Å². The number of ketones is 1. The number of thiophene rings is 1. The summed E-state index contributed by atoms with van der Waals surface area (Å²) in [4.78, 5) is 27.9. The highest BCUT2D eigenvalue weighted by atomic mass is 35.5. The summed E-state index contributed by atoms with van der Waals surface area (Å²) in [6.45, 7) is 2.36. The average Bonchev–Trinajstić information content (AvgIpc) is 3.37. The molecule has 2 N–H and O–H groups in total. The number of rotatable bonds is 5. The largest absolute Gasteiger partial charge is 0.507 e. The Kier molecular flexibility index (Phi) is 5.71. The van der Waals surface area contributed by atoms with Gasteiger partial charge in [-0.2, -0.15) is 0 Å². The number of Topliss-reactive ketones (excluding diaryl/α,β-unsaturated/α-hetero) is 1. The van der Waals surface area contributed by atoms with Gasteiger partial charge in [0.2, 0.25) is 0 Å². The van der Waals surface area contributed by atoms with Crippen LogP contribution in [0, 0.1) is 0 Å². The third kappa shape index (κ3) is 3.78. The number of phenolic OH excluding ortho intramolecular Hbond substituents is 1. The molecule has 1 aliphatic rings. The Morgan fingerprint density at radius 1 is 1.16 bits per heavy atom. The maximum Gasteiger partial charge on any atom is 0.300 e. The Balaban J connectivity index is 1.89. The number of aliphatic hydroxyl groups excluding tert-OH is 1. The van der Waals surface area contributed by atoms with Crippen LogP contribution in [0.3, 0.4) is 0 Å². The van der Waals surface area contributed by atoms with Crippen molar-refractivity contribution in [2.24, 2.45) is 0 Å². The Bertz CT molecular complexity index is 1170. The Morgan fingerprint density at radius 2 is 1.90 bits per heavy atom. The summed E-state index contributed by atoms with van der Waals surface area (Å²) in [6, 6.07) is 13.5. The molecule has 1 aliphatic heterocycles. The van der Waals surface area contributed by atoms with E-state index in [0.29, 0.717) is 27.8 Å². The highest BCUT2D eigenvalue weighted by molar-refractivity contribution is 7.10. The topological polar surface area (TPSA) is 87.1 Å². The van der Waals surface area contributed by atoms with Crippen LogP contribution in [0.4, 0.5) is 5.69 Å². The number of aliphatic hydroxyl groups is 1. The quantitative estimate of drug-likeness (QED) is 0.316. The molecular weight excluding hydrogens is 438 g/mol. The van der Waals surface area contributed by atoms with Crippen LogP contribution < -0.4 is 9.64 Å². The number of anilines is 1. The monoisotopic (exact) mass is 455 g/mol. The van der Waals surface area contributed by atoms with Gasteiger partial charge in [0.25, 0.3) is 11.7 Å². The number of amides is 1. The summed E-state index contributed by atoms with van der Waals surface area (Å²) in [5.41, 5.74) is 0.410. The number of hydrogen-bond acceptors (Lipinski definition) is 6. The minimum absolute atomic E-state index is 0.0593. The van der Waals surface area contributed by atoms with E-state index in [1.54, 1.807) is 36.4 Å². The zero-order valence-electron chi connectivity index (χ0n) is 16.4. The van der Waals surface area contributed by atoms with Crippen molar-refractivity contribution >= 4 is 46.1 Å². The zero-order chi connectivity index (χ0) is 22.1. The summed E-state index contributed by atoms with van der Waals surface area (Å²) in [5.74, 6) is -1.58. The molecule has 1 unspecified atom stereocenters. The van der Waals surface area contributed by atoms with Crippen molar-refractivity contribution in [1.29, 1.82) is 0 Å². The number of aromatic hydroxyl groups is 1. The number of benzene rings is 2. The van der Waals surface area contributed by atoms with Gasteiger partial charge in [-0.05, 0) is 60.8 Å². The molecule has 31 heavy (non-hydrogen) atoms. The van der Waals surface area contributed by atoms with Crippen LogP contribution in [0.15, 0.2) is 65.6 Å². The summed E-state index contributed by atoms with van der Waals surface area (Å²) in [7, 11) is 0. The smallest absolute Gasteiger partial charge is 0.300 e. The van der Waals surface area contributed by atoms with Gasteiger partial charge in [-0.3, -0.25) is 14.5 Å². The number of hydrogen-bond donors (Lipinski definition) is 2. The molecule has 8 heteroatoms. The third-order valence-corrected chi connectivity index (χ3v) is 6.05. The lowest BCUT2D eigenvalue weighted by Gasteiger charge is -2.25. The number of ether oxygens (including phenoxy) is 1. The van der Waals surface area contributed by atoms with Crippen molar-refractivity contribution in [3.05, 3.63) is 81.0 Å². The Hall–Kier alpha value is -3.29. The lowest BCUT2D eigenvalue weighted by molar-refractivity contribution is -0.132. The van der Waals surface area contributed by atoms with E-state index in [9.17, 15) is 19.8 Å². The van der Waals surface area contributed by atoms with E-state index in [-0.39, 0.29) is 22.8 Å². The van der Waals surface area contributed by atoms with Gasteiger partial charge < -0.3 is 14.9 Å². The van der Waals surface area contributed by atoms with Crippen LogP contribution in [-0.2, 0) is 9.59 Å². The average molecular weight is 456 g/mol. The molecule has 0 aliphatic carbocycles. The number of halogens is 1. The number of phenols is 1. The SMILES string of the molecule is CCOc1ccc(/C(O)=C2/C(=O)C(=O)N(c3cc(Cl)ccc3O)C2c2cccs2)cc1. The van der Waals surface area contributed by atoms with Crippen molar-refractivity contribution in [3.63, 3.8) is 0 Å². The second-order valence-corrected chi connectivity index (χ2v) is 8.19. The molecule has 6 nitrogen and oxygen atoms in total. The molecule has 1 atom stereocenters. The molecule has 1 fully saturated rings. The van der Waals surface area contributed by atoms with Gasteiger partial charge in [0.1, 0.15) is 23.3 Å². The van der Waals surface area contributed by atoms with Crippen molar-refractivity contribution in [3.8, 4) is 11.5 Å². The van der Waals surface area contributed by atoms with Crippen LogP contribution in [-0.4, -0.2) is 28.5 Å². The van der Waals surface area contributed by atoms with Crippen LogP contribution >= 0.6 is 22.9 Å². The maximum atomic E-state index is 13.0. The summed E-state index contributed by atoms with van der Waals surface area (Å²) >= 11 is 7.41. The van der Waals surface area contributed by atoms with Crippen molar-refractivity contribution in [1.82, 2.24) is 0 Å². The predicted octanol–water partition coefficient (Wildman–Crippen LogP) is 5.13. The minimum Gasteiger partial charge on any atom is -0.507 e. The van der Waals surface area contributed by atoms with Crippen molar-refractivity contribution in [2.45, 2.75) is 13.0 Å². The fraction of sp³-hybridized carbons (Fsp3) is 0.130. The van der Waals surface area contributed by atoms with Gasteiger partial charge >= 0.3 is 0 Å². The molecule has 1 saturated heterocycles. The van der Waals surface area contributed by atoms with Crippen LogP contribution in [0.25, 0.3) is 5.76 Å². The van der Waals surface area contributed by atoms with E-state index in [1.807, 2.05) is 12.3 Å². The maximum absolute atomic E-state index is 13.0. The van der Waals surface area contributed by atoms with E-state index in [1.165, 1.54) is 34.4 Å². The molecule has 158 valence electrons. The number of nitrogens with zero attached hydrogens (tertiary/aromatic N) is 1. The molecule has 2 heterocycles. The second-order valence-electron chi connectivity index (χ2n) is 6.77. The molecular formula is C23H18ClNO5S. The Morgan fingerprint density at radius 3 is 2.55 bits per heavy atom. The molecule has 0 spiro atoms. The van der Waals surface area contributed by atoms with E-state index >= 15 is 0 Å². The van der Waals surface area contributed by atoms with Crippen molar-refractivity contribution in [2.75, 3.05) is 11.5 Å². The van der Waals surface area contributed by atoms with E-state index in [2.05, 4.69) is 0 Å². The molecule has 1 aromatic heterocycles. The number of carbonyl (C=O) groups excluding carboxylic acids is 2. The fourth-order valence-electron chi connectivity index (χ4n) is 3.52. The Labute approximate surface area is 187 Å². The fourth-order valence-corrected chi connectivity index (χ4v) is 4.51. The van der Waals surface area contributed by atoms with Gasteiger partial charge in [-0.15, -0.1) is 11.3 Å². The van der Waals surface area contributed by atoms with Gasteiger partial charge in [0.15, 0.2) is 0 Å². The zero-order valence-corrected chi connectivity index (χ0v) is 18.0. The first-order valence-electron chi connectivity index (χ1n) is 9.48. The van der Waals surface area contributed by atoms with Gasteiger partial charge in [-0.1, -0.05) is 17.7 Å². The van der Waals surface area contributed by atoms with Gasteiger partial charge in [-0.25, -0.2) is 0 Å². The molecule has 3 aromatic rings. The first-order chi connectivity index (χ1) is 14.9. The second kappa shape index (κ2) is 8.45. The lowest BCUT2D eigenvalue weighted by Crippen LogP contribution is -2.29. The van der Waals surface area contributed by atoms with Crippen LogP contribution in [0.2, 0.25) is 5.02 Å². The molecule has 0 saturated carbocycles. The van der Waals surface area contributed by atoms with E-state index in [0.717, 1.165) is 0 Å². The first kappa shape index (κ1) is 21.0. The molecule has 2 aromatic carbocycles. The first-order valence-corrected chi connectivity index (χ1v) is 10.7. The molecule has 0 bridgehead atoms. The summed E-state index contributed by atoms with van der Waals surface area (Å²) in [5, 5.41) is 23.5. The normalized spacial score (nSPS) is 17.9. The number of carbonyl (C=O) groups is 2. The highest BCUT2D eigenvalue weighted by Crippen LogP contribution is 2.46. The van der Waals surface area contributed by atoms with Gasteiger partial charge in [0.05, 0.1) is 17.9 Å². The van der Waals surface area contributed by atoms with Crippen LogP contribution in [0.5, 0.6) is 11.5 Å². The van der Waals surface area contributed by atoms with Gasteiger partial charge in [0, 0.05) is 15.5 Å².